The summed E-state index contributed by atoms with van der Waals surface area (Å²) in [6.07, 6.45) is -0.0185. The molecule has 2 rings (SSSR count). The van der Waals surface area contributed by atoms with Crippen molar-refractivity contribution < 1.29 is 22.7 Å². The Morgan fingerprint density at radius 1 is 1.38 bits per heavy atom. The number of carbonyl (C=O) groups is 1. The van der Waals surface area contributed by atoms with Crippen LogP contribution in [0.1, 0.15) is 6.92 Å². The van der Waals surface area contributed by atoms with Gasteiger partial charge >= 0.3 is 11.5 Å². The largest absolute Gasteiger partial charge is 0.446 e. The van der Waals surface area contributed by atoms with Crippen LogP contribution in [-0.4, -0.2) is 42.2 Å². The van der Waals surface area contributed by atoms with E-state index < -0.39 is 5.51 Å². The zero-order valence-electron chi connectivity index (χ0n) is 11.3. The number of anilines is 1. The lowest BCUT2D eigenvalue weighted by Gasteiger charge is -2.31. The molecule has 2 amide bonds. The van der Waals surface area contributed by atoms with Gasteiger partial charge in [-0.25, -0.2) is 4.79 Å². The smallest absolute Gasteiger partial charge is 0.375 e. The third-order valence-electron chi connectivity index (χ3n) is 2.87. The number of thioether (sulfide) groups is 1. The second-order valence-corrected chi connectivity index (χ2v) is 5.77. The van der Waals surface area contributed by atoms with E-state index in [9.17, 15) is 18.0 Å². The van der Waals surface area contributed by atoms with E-state index in [1.807, 2.05) is 6.92 Å². The number of benzene rings is 1. The van der Waals surface area contributed by atoms with E-state index in [4.69, 9.17) is 4.74 Å². The first-order chi connectivity index (χ1) is 9.83. The van der Waals surface area contributed by atoms with Crippen molar-refractivity contribution in [2.45, 2.75) is 23.4 Å². The van der Waals surface area contributed by atoms with E-state index in [1.165, 1.54) is 24.3 Å². The van der Waals surface area contributed by atoms with Gasteiger partial charge in [-0.05, 0) is 43.0 Å². The van der Waals surface area contributed by atoms with Crippen LogP contribution in [0.2, 0.25) is 0 Å². The summed E-state index contributed by atoms with van der Waals surface area (Å²) in [5.74, 6) is 0. The molecular formula is C13H15F3N2O2S. The van der Waals surface area contributed by atoms with Crippen LogP contribution in [0.3, 0.4) is 0 Å². The lowest BCUT2D eigenvalue weighted by molar-refractivity contribution is -0.0328. The maximum atomic E-state index is 12.2. The molecular weight excluding hydrogens is 305 g/mol. The van der Waals surface area contributed by atoms with Gasteiger partial charge in [-0.1, -0.05) is 0 Å². The molecule has 0 bridgehead atoms. The van der Waals surface area contributed by atoms with E-state index in [0.717, 1.165) is 0 Å². The third-order valence-corrected chi connectivity index (χ3v) is 3.61. The zero-order valence-corrected chi connectivity index (χ0v) is 12.1. The summed E-state index contributed by atoms with van der Waals surface area (Å²) in [7, 11) is 0. The highest BCUT2D eigenvalue weighted by molar-refractivity contribution is 8.00. The molecule has 0 aromatic heterocycles. The van der Waals surface area contributed by atoms with Gasteiger partial charge in [0.15, 0.2) is 0 Å². The second-order valence-electron chi connectivity index (χ2n) is 4.63. The van der Waals surface area contributed by atoms with Crippen molar-refractivity contribution in [3.63, 3.8) is 0 Å². The molecule has 4 nitrogen and oxygen atoms in total. The van der Waals surface area contributed by atoms with Crippen LogP contribution in [0.4, 0.5) is 23.7 Å². The minimum atomic E-state index is -4.31. The number of hydrogen-bond acceptors (Lipinski definition) is 3. The van der Waals surface area contributed by atoms with E-state index in [-0.39, 0.29) is 28.8 Å². The molecule has 8 heteroatoms. The Hall–Kier alpha value is -1.41. The van der Waals surface area contributed by atoms with Crippen molar-refractivity contribution >= 4 is 23.5 Å². The molecule has 0 radical (unpaired) electrons. The Labute approximate surface area is 124 Å². The van der Waals surface area contributed by atoms with Crippen molar-refractivity contribution in [3.05, 3.63) is 24.3 Å². The highest BCUT2D eigenvalue weighted by Crippen LogP contribution is 2.37. The van der Waals surface area contributed by atoms with Crippen LogP contribution in [0, 0.1) is 0 Å². The van der Waals surface area contributed by atoms with E-state index in [2.05, 4.69) is 5.32 Å². The summed E-state index contributed by atoms with van der Waals surface area (Å²) >= 11 is -0.183. The first-order valence-electron chi connectivity index (χ1n) is 6.37. The number of urea groups is 1. The van der Waals surface area contributed by atoms with Gasteiger partial charge in [0.2, 0.25) is 0 Å². The Balaban J connectivity index is 1.92. The molecule has 1 aromatic rings. The molecule has 1 N–H and O–H groups in total. The lowest BCUT2D eigenvalue weighted by atomic mass is 10.3. The fourth-order valence-corrected chi connectivity index (χ4v) is 2.48. The second kappa shape index (κ2) is 6.57. The summed E-state index contributed by atoms with van der Waals surface area (Å²) < 4.78 is 42.0. The standard InChI is InChI=1S/C13H15F3N2O2S/c1-9-8-18(6-7-20-9)12(19)17-10-2-4-11(5-3-10)21-13(14,15)16/h2-5,9H,6-8H2,1H3,(H,17,19)/t9-/m0/s1. The summed E-state index contributed by atoms with van der Waals surface area (Å²) in [4.78, 5) is 13.7. The number of nitrogens with one attached hydrogen (secondary N) is 1. The molecule has 0 saturated carbocycles. The monoisotopic (exact) mass is 320 g/mol. The van der Waals surface area contributed by atoms with E-state index >= 15 is 0 Å². The highest BCUT2D eigenvalue weighted by Gasteiger charge is 2.29. The summed E-state index contributed by atoms with van der Waals surface area (Å²) in [5.41, 5.74) is -3.85. The van der Waals surface area contributed by atoms with Crippen molar-refractivity contribution in [2.75, 3.05) is 25.0 Å². The van der Waals surface area contributed by atoms with Gasteiger partial charge in [0.05, 0.1) is 12.7 Å². The average molecular weight is 320 g/mol. The number of halogens is 3. The Morgan fingerprint density at radius 3 is 2.62 bits per heavy atom. The van der Waals surface area contributed by atoms with Gasteiger partial charge in [0.25, 0.3) is 0 Å². The summed E-state index contributed by atoms with van der Waals surface area (Å²) in [6, 6.07) is 5.29. The van der Waals surface area contributed by atoms with Crippen molar-refractivity contribution in [1.82, 2.24) is 4.90 Å². The minimum absolute atomic E-state index is 0.0185. The molecule has 0 unspecified atom stereocenters. The predicted molar refractivity (Wildman–Crippen MR) is 74.4 cm³/mol. The molecule has 116 valence electrons. The zero-order chi connectivity index (χ0) is 15.5. The number of amides is 2. The van der Waals surface area contributed by atoms with Crippen LogP contribution in [0.25, 0.3) is 0 Å². The number of morpholine rings is 1. The Morgan fingerprint density at radius 2 is 2.05 bits per heavy atom. The average Bonchev–Trinajstić information content (AvgIpc) is 2.39. The SMILES string of the molecule is C[C@H]1CN(C(=O)Nc2ccc(SC(F)(F)F)cc2)CCO1. The van der Waals surface area contributed by atoms with E-state index in [0.29, 0.717) is 25.4 Å². The van der Waals surface area contributed by atoms with Crippen molar-refractivity contribution in [2.24, 2.45) is 0 Å². The lowest BCUT2D eigenvalue weighted by Crippen LogP contribution is -2.46. The van der Waals surface area contributed by atoms with E-state index in [1.54, 1.807) is 4.90 Å². The number of hydrogen-bond donors (Lipinski definition) is 1. The van der Waals surface area contributed by atoms with Gasteiger partial charge in [-0.15, -0.1) is 0 Å². The minimum Gasteiger partial charge on any atom is -0.375 e. The molecule has 1 saturated heterocycles. The fourth-order valence-electron chi connectivity index (χ4n) is 1.95. The number of rotatable bonds is 2. The maximum absolute atomic E-state index is 12.2. The van der Waals surface area contributed by atoms with Crippen molar-refractivity contribution in [3.8, 4) is 0 Å². The molecule has 0 aliphatic carbocycles. The summed E-state index contributed by atoms with van der Waals surface area (Å²) in [5, 5.41) is 2.66. The third kappa shape index (κ3) is 5.13. The quantitative estimate of drug-likeness (QED) is 0.847. The highest BCUT2D eigenvalue weighted by atomic mass is 32.2. The normalized spacial score (nSPS) is 19.4. The molecule has 1 aliphatic heterocycles. The molecule has 1 atom stereocenters. The van der Waals surface area contributed by atoms with Gasteiger partial charge in [0, 0.05) is 23.7 Å². The predicted octanol–water partition coefficient (Wildman–Crippen LogP) is 3.55. The Bertz CT molecular complexity index is 493. The van der Waals surface area contributed by atoms with Crippen molar-refractivity contribution in [1.29, 1.82) is 0 Å². The molecule has 1 aliphatic rings. The first kappa shape index (κ1) is 16.0. The summed E-state index contributed by atoms with van der Waals surface area (Å²) in [6.45, 7) is 3.35. The number of ether oxygens (including phenoxy) is 1. The van der Waals surface area contributed by atoms with Gasteiger partial charge in [0.1, 0.15) is 0 Å². The topological polar surface area (TPSA) is 41.6 Å². The van der Waals surface area contributed by atoms with Crippen LogP contribution in [0.5, 0.6) is 0 Å². The molecule has 21 heavy (non-hydrogen) atoms. The number of alkyl halides is 3. The molecule has 1 fully saturated rings. The van der Waals surface area contributed by atoms with Gasteiger partial charge in [-0.3, -0.25) is 0 Å². The van der Waals surface area contributed by atoms with Crippen LogP contribution >= 0.6 is 11.8 Å². The molecule has 1 aromatic carbocycles. The van der Waals surface area contributed by atoms with Crippen LogP contribution in [-0.2, 0) is 4.74 Å². The Kier molecular flexibility index (Phi) is 5.00. The first-order valence-corrected chi connectivity index (χ1v) is 7.18. The number of nitrogens with zero attached hydrogens (tertiary/aromatic N) is 1. The fraction of sp³-hybridized carbons (Fsp3) is 0.462. The molecule has 0 spiro atoms. The maximum Gasteiger partial charge on any atom is 0.446 e. The molecule has 1 heterocycles. The van der Waals surface area contributed by atoms with Crippen LogP contribution < -0.4 is 5.32 Å². The van der Waals surface area contributed by atoms with Gasteiger partial charge < -0.3 is 15.0 Å². The van der Waals surface area contributed by atoms with Crippen LogP contribution in [0.15, 0.2) is 29.2 Å². The number of carbonyl (C=O) groups excluding carboxylic acids is 1. The van der Waals surface area contributed by atoms with Gasteiger partial charge in [-0.2, -0.15) is 13.2 Å².